The van der Waals surface area contributed by atoms with Gasteiger partial charge in [0.25, 0.3) is 0 Å². The second-order valence-electron chi connectivity index (χ2n) is 5.18. The van der Waals surface area contributed by atoms with Crippen LogP contribution in [0.2, 0.25) is 18.8 Å². The van der Waals surface area contributed by atoms with E-state index in [1.807, 2.05) is 0 Å². The van der Waals surface area contributed by atoms with Gasteiger partial charge in [-0.15, -0.1) is 0 Å². The number of hydrogen-bond donors (Lipinski definition) is 0. The van der Waals surface area contributed by atoms with Crippen molar-refractivity contribution in [3.05, 3.63) is 12.2 Å². The van der Waals surface area contributed by atoms with Crippen LogP contribution in [-0.4, -0.2) is 18.4 Å². The Morgan fingerprint density at radius 3 is 1.64 bits per heavy atom. The fourth-order valence-electron chi connectivity index (χ4n) is 3.06. The van der Waals surface area contributed by atoms with Crippen LogP contribution in [0.5, 0.6) is 0 Å². The summed E-state index contributed by atoms with van der Waals surface area (Å²) in [5, 5.41) is 0. The molecule has 1 heteroatoms. The molecule has 2 bridgehead atoms. The number of allylic oxidation sites excluding steroid dienone is 2. The van der Waals surface area contributed by atoms with E-state index in [0.29, 0.717) is 0 Å². The van der Waals surface area contributed by atoms with E-state index < -0.39 is 18.4 Å². The Hall–Kier alpha value is 0.539. The molecular weight excluding hydrogens is 239 g/mol. The SMILES string of the molecule is [CH3][Sn]([CH3])([CH3])[CH]1C2C=CC1CC2. The normalized spacial score (nSPS) is 41.9. The first-order chi connectivity index (χ1) is 5.09. The van der Waals surface area contributed by atoms with Gasteiger partial charge in [-0.25, -0.2) is 0 Å². The summed E-state index contributed by atoms with van der Waals surface area (Å²) in [7, 11) is 0. The monoisotopic (exact) mass is 258 g/mol. The summed E-state index contributed by atoms with van der Waals surface area (Å²) in [6, 6.07) is 0. The van der Waals surface area contributed by atoms with Crippen molar-refractivity contribution in [2.45, 2.75) is 31.6 Å². The molecule has 0 saturated heterocycles. The molecule has 62 valence electrons. The fraction of sp³-hybridized carbons (Fsp3) is 0.800. The van der Waals surface area contributed by atoms with E-state index in [1.54, 1.807) is 0 Å². The Balaban J connectivity index is 2.20. The van der Waals surface area contributed by atoms with Crippen molar-refractivity contribution >= 4 is 18.4 Å². The molecule has 2 atom stereocenters. The zero-order chi connectivity index (χ0) is 8.06. The van der Waals surface area contributed by atoms with Crippen molar-refractivity contribution in [2.75, 3.05) is 0 Å². The fourth-order valence-corrected chi connectivity index (χ4v) is 12.0. The molecule has 0 heterocycles. The first kappa shape index (κ1) is 8.15. The summed E-state index contributed by atoms with van der Waals surface area (Å²) in [6.07, 6.45) is 8.00. The van der Waals surface area contributed by atoms with Gasteiger partial charge >= 0.3 is 74.0 Å². The Morgan fingerprint density at radius 2 is 1.45 bits per heavy atom. The molecule has 2 aliphatic carbocycles. The van der Waals surface area contributed by atoms with E-state index in [-0.39, 0.29) is 0 Å². The van der Waals surface area contributed by atoms with Crippen LogP contribution in [0.25, 0.3) is 0 Å². The summed E-state index contributed by atoms with van der Waals surface area (Å²) in [4.78, 5) is 7.78. The van der Waals surface area contributed by atoms with Gasteiger partial charge in [-0.2, -0.15) is 0 Å². The number of hydrogen-bond acceptors (Lipinski definition) is 0. The molecule has 0 N–H and O–H groups in total. The summed E-state index contributed by atoms with van der Waals surface area (Å²) < 4.78 is 1.16. The second kappa shape index (κ2) is 2.51. The average molecular weight is 257 g/mol. The van der Waals surface area contributed by atoms with Gasteiger partial charge in [-0.05, 0) is 0 Å². The summed E-state index contributed by atoms with van der Waals surface area (Å²) in [5.74, 6) is 2.02. The molecular formula is C10H18Sn. The van der Waals surface area contributed by atoms with Crippen molar-refractivity contribution in [3.8, 4) is 0 Å². The molecule has 11 heavy (non-hydrogen) atoms. The van der Waals surface area contributed by atoms with Crippen LogP contribution in [0.1, 0.15) is 12.8 Å². The zero-order valence-electron chi connectivity index (χ0n) is 7.80. The average Bonchev–Trinajstić information content (AvgIpc) is 2.40. The summed E-state index contributed by atoms with van der Waals surface area (Å²) in [6.45, 7) is 0. The van der Waals surface area contributed by atoms with Crippen LogP contribution in [0.4, 0.5) is 0 Å². The first-order valence-corrected chi connectivity index (χ1v) is 15.0. The second-order valence-corrected chi connectivity index (χ2v) is 20.6. The van der Waals surface area contributed by atoms with Crippen LogP contribution in [-0.2, 0) is 0 Å². The van der Waals surface area contributed by atoms with Crippen LogP contribution in [0.15, 0.2) is 12.2 Å². The maximum atomic E-state index is 2.59. The number of rotatable bonds is 1. The van der Waals surface area contributed by atoms with Crippen molar-refractivity contribution in [1.82, 2.24) is 0 Å². The molecule has 0 aliphatic heterocycles. The summed E-state index contributed by atoms with van der Waals surface area (Å²) in [5.41, 5.74) is 0. The van der Waals surface area contributed by atoms with Crippen LogP contribution in [0.3, 0.4) is 0 Å². The van der Waals surface area contributed by atoms with Gasteiger partial charge in [0.1, 0.15) is 0 Å². The molecule has 0 amide bonds. The number of fused-ring (bicyclic) bond motifs is 2. The van der Waals surface area contributed by atoms with Crippen molar-refractivity contribution in [2.24, 2.45) is 11.8 Å². The molecule has 2 rings (SSSR count). The topological polar surface area (TPSA) is 0 Å². The Bertz CT molecular complexity index is 174. The third-order valence-electron chi connectivity index (χ3n) is 3.36. The zero-order valence-corrected chi connectivity index (χ0v) is 10.7. The van der Waals surface area contributed by atoms with E-state index in [1.165, 1.54) is 12.8 Å². The molecule has 1 fully saturated rings. The van der Waals surface area contributed by atoms with Gasteiger partial charge in [0, 0.05) is 0 Å². The van der Waals surface area contributed by atoms with Gasteiger partial charge in [-0.1, -0.05) is 0 Å². The molecule has 2 aliphatic rings. The van der Waals surface area contributed by atoms with E-state index >= 15 is 0 Å². The van der Waals surface area contributed by atoms with Crippen LogP contribution < -0.4 is 0 Å². The molecule has 0 aromatic carbocycles. The van der Waals surface area contributed by atoms with Crippen molar-refractivity contribution in [3.63, 3.8) is 0 Å². The quantitative estimate of drug-likeness (QED) is 0.499. The van der Waals surface area contributed by atoms with E-state index in [4.69, 9.17) is 0 Å². The molecule has 0 aromatic rings. The molecule has 0 aromatic heterocycles. The molecule has 1 saturated carbocycles. The standard InChI is InChI=1S/C7H9.3CH3.Sn/c1-2-7-4-3-6(1)5-7;;;;/h1-2,5-7H,3-4H2;3*1H3;. The Labute approximate surface area is 73.9 Å². The van der Waals surface area contributed by atoms with Crippen LogP contribution >= 0.6 is 0 Å². The predicted molar refractivity (Wildman–Crippen MR) is 52.5 cm³/mol. The van der Waals surface area contributed by atoms with Crippen LogP contribution in [0, 0.1) is 11.8 Å². The Morgan fingerprint density at radius 1 is 1.00 bits per heavy atom. The first-order valence-electron chi connectivity index (χ1n) is 4.77. The van der Waals surface area contributed by atoms with Gasteiger partial charge in [-0.3, -0.25) is 0 Å². The molecule has 0 spiro atoms. The third kappa shape index (κ3) is 1.28. The van der Waals surface area contributed by atoms with Gasteiger partial charge < -0.3 is 0 Å². The van der Waals surface area contributed by atoms with Crippen molar-refractivity contribution < 1.29 is 0 Å². The van der Waals surface area contributed by atoms with Gasteiger partial charge in [0.05, 0.1) is 0 Å². The predicted octanol–water partition coefficient (Wildman–Crippen LogP) is 3.29. The minimum absolute atomic E-state index is 1.01. The Kier molecular flexibility index (Phi) is 1.86. The molecule has 0 nitrogen and oxygen atoms in total. The van der Waals surface area contributed by atoms with Gasteiger partial charge in [0.15, 0.2) is 0 Å². The molecule has 2 unspecified atom stereocenters. The van der Waals surface area contributed by atoms with E-state index in [2.05, 4.69) is 27.0 Å². The molecule has 0 radical (unpaired) electrons. The summed E-state index contributed by atoms with van der Waals surface area (Å²) >= 11 is -1.55. The van der Waals surface area contributed by atoms with E-state index in [9.17, 15) is 0 Å². The van der Waals surface area contributed by atoms with Gasteiger partial charge in [0.2, 0.25) is 0 Å². The van der Waals surface area contributed by atoms with Crippen molar-refractivity contribution in [1.29, 1.82) is 0 Å². The minimum atomic E-state index is -1.55. The third-order valence-corrected chi connectivity index (χ3v) is 11.5. The van der Waals surface area contributed by atoms with E-state index in [0.717, 1.165) is 15.8 Å². The maximum absolute atomic E-state index is 2.59.